The number of aryl methyl sites for hydroxylation is 2. The van der Waals surface area contributed by atoms with E-state index < -0.39 is 11.2 Å². The first-order chi connectivity index (χ1) is 8.06. The lowest BCUT2D eigenvalue weighted by molar-refractivity contribution is 0.812. The molecular weight excluding hydrogens is 240 g/mol. The summed E-state index contributed by atoms with van der Waals surface area (Å²) in [6.07, 6.45) is 1.76. The van der Waals surface area contributed by atoms with Gasteiger partial charge < -0.3 is 4.57 Å². The normalized spacial score (nSPS) is 10.9. The number of nitrogens with one attached hydrogen (secondary N) is 1. The van der Waals surface area contributed by atoms with E-state index in [2.05, 4.69) is 16.5 Å². The van der Waals surface area contributed by atoms with Gasteiger partial charge in [0.05, 0.1) is 0 Å². The van der Waals surface area contributed by atoms with E-state index in [0.717, 1.165) is 0 Å². The van der Waals surface area contributed by atoms with Crippen molar-refractivity contribution in [3.8, 4) is 0 Å². The molecule has 0 spiro atoms. The van der Waals surface area contributed by atoms with Crippen molar-refractivity contribution in [1.29, 1.82) is 0 Å². The van der Waals surface area contributed by atoms with Gasteiger partial charge >= 0.3 is 5.69 Å². The van der Waals surface area contributed by atoms with Gasteiger partial charge in [0.1, 0.15) is 0 Å². The molecule has 0 bridgehead atoms. The van der Waals surface area contributed by atoms with Gasteiger partial charge in [-0.1, -0.05) is 17.8 Å². The number of nitrogens with zero attached hydrogens (tertiary/aromatic N) is 3. The number of imidazole rings is 1. The van der Waals surface area contributed by atoms with Crippen LogP contribution in [-0.4, -0.2) is 24.9 Å². The highest BCUT2D eigenvalue weighted by molar-refractivity contribution is 7.99. The topological polar surface area (TPSA) is 72.7 Å². The SMILES string of the molecule is C=CCSc1nc2c(c(=O)[nH]c(=O)n2C)n1C. The van der Waals surface area contributed by atoms with Crippen LogP contribution in [0.2, 0.25) is 0 Å². The number of aromatic nitrogens is 4. The molecule has 1 N–H and O–H groups in total. The van der Waals surface area contributed by atoms with E-state index in [-0.39, 0.29) is 0 Å². The molecule has 0 aliphatic carbocycles. The molecule has 2 rings (SSSR count). The first-order valence-corrected chi connectivity index (χ1v) is 5.94. The molecule has 0 aliphatic heterocycles. The number of aromatic amines is 1. The zero-order chi connectivity index (χ0) is 12.6. The maximum atomic E-state index is 11.7. The summed E-state index contributed by atoms with van der Waals surface area (Å²) in [5, 5.41) is 0.687. The van der Waals surface area contributed by atoms with Gasteiger partial charge in [0.25, 0.3) is 5.56 Å². The van der Waals surface area contributed by atoms with Gasteiger partial charge in [-0.15, -0.1) is 6.58 Å². The van der Waals surface area contributed by atoms with Crippen molar-refractivity contribution in [3.05, 3.63) is 33.5 Å². The molecule has 0 amide bonds. The third-order valence-corrected chi connectivity index (χ3v) is 3.45. The number of hydrogen-bond acceptors (Lipinski definition) is 4. The number of thioether (sulfide) groups is 1. The molecule has 2 heterocycles. The predicted molar refractivity (Wildman–Crippen MR) is 67.5 cm³/mol. The van der Waals surface area contributed by atoms with Crippen molar-refractivity contribution in [2.45, 2.75) is 5.16 Å². The minimum Gasteiger partial charge on any atom is -0.316 e. The van der Waals surface area contributed by atoms with Crippen LogP contribution in [0.1, 0.15) is 0 Å². The highest BCUT2D eigenvalue weighted by Crippen LogP contribution is 2.19. The van der Waals surface area contributed by atoms with Gasteiger partial charge in [0, 0.05) is 19.8 Å². The largest absolute Gasteiger partial charge is 0.329 e. The second-order valence-corrected chi connectivity index (χ2v) is 4.53. The van der Waals surface area contributed by atoms with Crippen LogP contribution < -0.4 is 11.2 Å². The highest BCUT2D eigenvalue weighted by atomic mass is 32.2. The molecule has 0 saturated carbocycles. The molecule has 90 valence electrons. The van der Waals surface area contributed by atoms with Crippen molar-refractivity contribution >= 4 is 22.9 Å². The van der Waals surface area contributed by atoms with E-state index in [1.165, 1.54) is 16.3 Å². The molecule has 0 atom stereocenters. The van der Waals surface area contributed by atoms with Gasteiger partial charge in [-0.2, -0.15) is 0 Å². The summed E-state index contributed by atoms with van der Waals surface area (Å²) in [4.78, 5) is 29.7. The van der Waals surface area contributed by atoms with Gasteiger partial charge in [0.2, 0.25) is 0 Å². The minimum absolute atomic E-state index is 0.396. The Kier molecular flexibility index (Phi) is 2.93. The van der Waals surface area contributed by atoms with E-state index in [1.807, 2.05) is 0 Å². The Morgan fingerprint density at radius 3 is 2.76 bits per heavy atom. The molecule has 2 aromatic rings. The lowest BCUT2D eigenvalue weighted by Gasteiger charge is -1.98. The summed E-state index contributed by atoms with van der Waals surface area (Å²) < 4.78 is 3.01. The molecule has 17 heavy (non-hydrogen) atoms. The summed E-state index contributed by atoms with van der Waals surface area (Å²) in [5.41, 5.74) is -0.0732. The van der Waals surface area contributed by atoms with E-state index in [0.29, 0.717) is 22.1 Å². The smallest absolute Gasteiger partial charge is 0.316 e. The van der Waals surface area contributed by atoms with E-state index in [9.17, 15) is 9.59 Å². The summed E-state index contributed by atoms with van der Waals surface area (Å²) >= 11 is 1.46. The monoisotopic (exact) mass is 252 g/mol. The van der Waals surface area contributed by atoms with Crippen LogP contribution in [0.15, 0.2) is 27.4 Å². The van der Waals surface area contributed by atoms with Crippen molar-refractivity contribution < 1.29 is 0 Å². The van der Waals surface area contributed by atoms with Gasteiger partial charge in [-0.05, 0) is 0 Å². The number of H-pyrrole nitrogens is 1. The van der Waals surface area contributed by atoms with Crippen LogP contribution in [0, 0.1) is 0 Å². The van der Waals surface area contributed by atoms with Crippen molar-refractivity contribution in [1.82, 2.24) is 19.1 Å². The molecule has 0 aliphatic rings. The minimum atomic E-state index is -0.458. The average molecular weight is 252 g/mol. The molecule has 0 unspecified atom stereocenters. The lowest BCUT2D eigenvalue weighted by atomic mass is 10.5. The second-order valence-electron chi connectivity index (χ2n) is 3.54. The van der Waals surface area contributed by atoms with Gasteiger partial charge in [-0.3, -0.25) is 14.3 Å². The zero-order valence-corrected chi connectivity index (χ0v) is 10.4. The Bertz CT molecular complexity index is 695. The van der Waals surface area contributed by atoms with Crippen LogP contribution in [0.4, 0.5) is 0 Å². The van der Waals surface area contributed by atoms with Crippen LogP contribution in [0.5, 0.6) is 0 Å². The van der Waals surface area contributed by atoms with E-state index in [1.54, 1.807) is 24.7 Å². The molecule has 0 radical (unpaired) electrons. The lowest BCUT2D eigenvalue weighted by Crippen LogP contribution is -2.29. The third kappa shape index (κ3) is 1.82. The number of fused-ring (bicyclic) bond motifs is 1. The van der Waals surface area contributed by atoms with Gasteiger partial charge in [-0.25, -0.2) is 9.78 Å². The van der Waals surface area contributed by atoms with Crippen molar-refractivity contribution in [2.24, 2.45) is 14.1 Å². The summed E-state index contributed by atoms with van der Waals surface area (Å²) in [6.45, 7) is 3.63. The number of hydrogen-bond donors (Lipinski definition) is 1. The van der Waals surface area contributed by atoms with Crippen LogP contribution in [0.25, 0.3) is 11.2 Å². The van der Waals surface area contributed by atoms with Crippen molar-refractivity contribution in [2.75, 3.05) is 5.75 Å². The summed E-state index contributed by atoms with van der Waals surface area (Å²) in [7, 11) is 3.33. The summed E-state index contributed by atoms with van der Waals surface area (Å²) in [6, 6.07) is 0. The molecule has 6 nitrogen and oxygen atoms in total. The van der Waals surface area contributed by atoms with Crippen LogP contribution in [0.3, 0.4) is 0 Å². The van der Waals surface area contributed by atoms with E-state index in [4.69, 9.17) is 0 Å². The fraction of sp³-hybridized carbons (Fsp3) is 0.300. The second kappa shape index (κ2) is 4.25. The highest BCUT2D eigenvalue weighted by Gasteiger charge is 2.14. The molecule has 2 aromatic heterocycles. The Labute approximate surface area is 101 Å². The third-order valence-electron chi connectivity index (χ3n) is 2.42. The molecule has 7 heteroatoms. The first kappa shape index (κ1) is 11.7. The first-order valence-electron chi connectivity index (χ1n) is 4.95. The zero-order valence-electron chi connectivity index (χ0n) is 9.56. The molecule has 0 saturated heterocycles. The molecule has 0 aromatic carbocycles. The van der Waals surface area contributed by atoms with Crippen molar-refractivity contribution in [3.63, 3.8) is 0 Å². The quantitative estimate of drug-likeness (QED) is 0.627. The Hall–Kier alpha value is -1.76. The number of rotatable bonds is 3. The predicted octanol–water partition coefficient (Wildman–Crippen LogP) is 0.238. The Morgan fingerprint density at radius 1 is 1.41 bits per heavy atom. The van der Waals surface area contributed by atoms with E-state index >= 15 is 0 Å². The van der Waals surface area contributed by atoms with Crippen LogP contribution >= 0.6 is 11.8 Å². The van der Waals surface area contributed by atoms with Crippen LogP contribution in [-0.2, 0) is 14.1 Å². The standard InChI is InChI=1S/C10H12N4O2S/c1-4-5-17-10-11-7-6(13(10)2)8(15)12-9(16)14(7)3/h4H,1,5H2,2-3H3,(H,12,15,16). The average Bonchev–Trinajstić information content (AvgIpc) is 2.61. The van der Waals surface area contributed by atoms with Gasteiger partial charge in [0.15, 0.2) is 16.3 Å². The maximum Gasteiger partial charge on any atom is 0.329 e. The fourth-order valence-corrected chi connectivity index (χ4v) is 2.25. The fourth-order valence-electron chi connectivity index (χ4n) is 1.55. The summed E-state index contributed by atoms with van der Waals surface area (Å²) in [5.74, 6) is 0.697. The molecular formula is C10H12N4O2S. The maximum absolute atomic E-state index is 11.7. The molecule has 0 fully saturated rings. The Morgan fingerprint density at radius 2 is 2.12 bits per heavy atom. The Balaban J connectivity index is 2.77.